The predicted octanol–water partition coefficient (Wildman–Crippen LogP) is 4.13. The Morgan fingerprint density at radius 3 is 0.500 bits per heavy atom. The maximum atomic E-state index is 4.99. The summed E-state index contributed by atoms with van der Waals surface area (Å²) in [6.07, 6.45) is 0. The Morgan fingerprint density at radius 2 is 0.500 bits per heavy atom. The van der Waals surface area contributed by atoms with E-state index in [1.807, 2.05) is 0 Å². The first-order valence-corrected chi connectivity index (χ1v) is 16.2. The Morgan fingerprint density at radius 1 is 0.500 bits per heavy atom. The van der Waals surface area contributed by atoms with Crippen molar-refractivity contribution in [3.05, 3.63) is 0 Å². The standard InChI is InChI=1S/6ClH.2Sc/h6*1H;;/q;;;;;;2*+3/p-6. The van der Waals surface area contributed by atoms with Gasteiger partial charge in [-0.2, -0.15) is 0 Å². The van der Waals surface area contributed by atoms with Gasteiger partial charge in [-0.05, 0) is 0 Å². The van der Waals surface area contributed by atoms with Crippen molar-refractivity contribution in [1.82, 2.24) is 0 Å². The van der Waals surface area contributed by atoms with E-state index in [0.717, 1.165) is 0 Å². The van der Waals surface area contributed by atoms with E-state index in [9.17, 15) is 0 Å². The van der Waals surface area contributed by atoms with Gasteiger partial charge in [0.25, 0.3) is 0 Å². The van der Waals surface area contributed by atoms with E-state index in [2.05, 4.69) is 0 Å². The Kier molecular flexibility index (Phi) is 18.4. The average Bonchev–Trinajstić information content (AvgIpc) is 1.25. The molecule has 0 amide bonds. The molecule has 8 heavy (non-hydrogen) atoms. The van der Waals surface area contributed by atoms with E-state index in [-0.39, 0.29) is 0 Å². The van der Waals surface area contributed by atoms with Crippen molar-refractivity contribution in [2.24, 2.45) is 0 Å². The van der Waals surface area contributed by atoms with Gasteiger partial charge in [-0.1, -0.05) is 0 Å². The molecule has 0 N–H and O–H groups in total. The second-order valence-corrected chi connectivity index (χ2v) is 18.4. The van der Waals surface area contributed by atoms with Crippen LogP contribution in [0.15, 0.2) is 0 Å². The summed E-state index contributed by atoms with van der Waals surface area (Å²) in [6, 6.07) is 0. The second kappa shape index (κ2) is 10.5. The molecule has 0 aromatic carbocycles. The number of halogens is 6. The van der Waals surface area contributed by atoms with Gasteiger partial charge < -0.3 is 0 Å². The minimum atomic E-state index is -2.06. The molecular weight excluding hydrogens is 303 g/mol. The molecule has 0 nitrogen and oxygen atoms in total. The molecule has 0 saturated heterocycles. The Bertz CT molecular complexity index is 22.0. The summed E-state index contributed by atoms with van der Waals surface area (Å²) < 4.78 is 0. The van der Waals surface area contributed by atoms with Crippen molar-refractivity contribution in [1.29, 1.82) is 0 Å². The SMILES string of the molecule is [Cl][Sc]([Cl])[Cl].[Cl][Sc]([Cl])[Cl]. The van der Waals surface area contributed by atoms with E-state index >= 15 is 0 Å². The second-order valence-electron chi connectivity index (χ2n) is 0.495. The van der Waals surface area contributed by atoms with Crippen molar-refractivity contribution in [2.75, 3.05) is 0 Å². The van der Waals surface area contributed by atoms with Gasteiger partial charge in [-0.25, -0.2) is 0 Å². The van der Waals surface area contributed by atoms with Gasteiger partial charge in [0.2, 0.25) is 0 Å². The molecule has 0 heterocycles. The molecule has 0 aliphatic rings. The average molecular weight is 303 g/mol. The van der Waals surface area contributed by atoms with Crippen molar-refractivity contribution in [3.8, 4) is 0 Å². The summed E-state index contributed by atoms with van der Waals surface area (Å²) in [4.78, 5) is 0. The topological polar surface area (TPSA) is 0 Å². The minimum absolute atomic E-state index is 2.06. The van der Waals surface area contributed by atoms with Crippen molar-refractivity contribution in [3.63, 3.8) is 0 Å². The van der Waals surface area contributed by atoms with Gasteiger partial charge in [0, 0.05) is 0 Å². The molecule has 0 fully saturated rings. The van der Waals surface area contributed by atoms with Gasteiger partial charge in [-0.3, -0.25) is 0 Å². The maximum absolute atomic E-state index is 4.99. The zero-order chi connectivity index (χ0) is 7.15. The Hall–Kier alpha value is 3.48. The molecule has 0 bridgehead atoms. The molecule has 0 saturated carbocycles. The molecule has 8 heteroatoms. The monoisotopic (exact) mass is 300 g/mol. The van der Waals surface area contributed by atoms with Crippen LogP contribution in [0.3, 0.4) is 0 Å². The molecule has 0 aliphatic carbocycles. The van der Waals surface area contributed by atoms with Crippen molar-refractivity contribution < 1.29 is 35.8 Å². The molecule has 48 valence electrons. The summed E-state index contributed by atoms with van der Waals surface area (Å²) in [7, 11) is 30.0. The molecular formula is Cl6Sc2. The van der Waals surface area contributed by atoms with E-state index < -0.39 is 35.8 Å². The first kappa shape index (κ1) is 14.0. The van der Waals surface area contributed by atoms with E-state index in [1.165, 1.54) is 0 Å². The van der Waals surface area contributed by atoms with Gasteiger partial charge >= 0.3 is 87.2 Å². The molecule has 0 rings (SSSR count). The molecule has 0 aromatic rings. The third kappa shape index (κ3) is 56.3. The van der Waals surface area contributed by atoms with E-state index in [4.69, 9.17) is 51.5 Å². The molecule has 0 radical (unpaired) electrons. The first-order valence-electron chi connectivity index (χ1n) is 1.31. The fourth-order valence-electron chi connectivity index (χ4n) is 0. The van der Waals surface area contributed by atoms with Crippen LogP contribution in [0.2, 0.25) is 0 Å². The molecule has 0 aromatic heterocycles. The normalized spacial score (nSPS) is 6.75. The summed E-state index contributed by atoms with van der Waals surface area (Å²) >= 11 is -4.12. The molecule has 0 spiro atoms. The summed E-state index contributed by atoms with van der Waals surface area (Å²) in [5.41, 5.74) is 0. The van der Waals surface area contributed by atoms with Crippen LogP contribution in [0.4, 0.5) is 0 Å². The summed E-state index contributed by atoms with van der Waals surface area (Å²) in [5.74, 6) is 0. The van der Waals surface area contributed by atoms with Gasteiger partial charge in [-0.15, -0.1) is 0 Å². The van der Waals surface area contributed by atoms with E-state index in [1.54, 1.807) is 0 Å². The van der Waals surface area contributed by atoms with Crippen LogP contribution in [0.25, 0.3) is 0 Å². The molecule has 0 atom stereocenters. The quantitative estimate of drug-likeness (QED) is 0.631. The summed E-state index contributed by atoms with van der Waals surface area (Å²) in [5, 5.41) is 0. The molecule has 0 aliphatic heterocycles. The third-order valence-corrected chi connectivity index (χ3v) is 0. The van der Waals surface area contributed by atoms with Crippen LogP contribution >= 0.6 is 51.5 Å². The van der Waals surface area contributed by atoms with Crippen LogP contribution in [-0.2, 0) is 35.8 Å². The number of rotatable bonds is 0. The number of hydrogen-bond donors (Lipinski definition) is 0. The van der Waals surface area contributed by atoms with E-state index in [0.29, 0.717) is 0 Å². The fourth-order valence-corrected chi connectivity index (χ4v) is 0. The Balaban J connectivity index is 0. The first-order chi connectivity index (χ1) is 3.46. The van der Waals surface area contributed by atoms with Gasteiger partial charge in [0.05, 0.1) is 0 Å². The predicted molar refractivity (Wildman–Crippen MR) is 35.1 cm³/mol. The van der Waals surface area contributed by atoms with Crippen molar-refractivity contribution in [2.45, 2.75) is 0 Å². The zero-order valence-electron chi connectivity index (χ0n) is 3.42. The van der Waals surface area contributed by atoms with Crippen LogP contribution in [-0.4, -0.2) is 0 Å². The van der Waals surface area contributed by atoms with Crippen molar-refractivity contribution >= 4 is 51.5 Å². The van der Waals surface area contributed by atoms with Crippen LogP contribution in [0.5, 0.6) is 0 Å². The summed E-state index contributed by atoms with van der Waals surface area (Å²) in [6.45, 7) is 0. The number of hydrogen-bond acceptors (Lipinski definition) is 0. The Labute approximate surface area is 85.2 Å². The van der Waals surface area contributed by atoms with Crippen LogP contribution < -0.4 is 0 Å². The van der Waals surface area contributed by atoms with Gasteiger partial charge in [0.1, 0.15) is 0 Å². The molecule has 0 unspecified atom stereocenters. The van der Waals surface area contributed by atoms with Gasteiger partial charge in [0.15, 0.2) is 0 Å². The van der Waals surface area contributed by atoms with Crippen LogP contribution in [0, 0.1) is 0 Å². The third-order valence-electron chi connectivity index (χ3n) is 0. The van der Waals surface area contributed by atoms with Crippen LogP contribution in [0.1, 0.15) is 0 Å². The fraction of sp³-hybridized carbons (Fsp3) is 0. The zero-order valence-corrected chi connectivity index (χ0v) is 11.6.